The molecule has 0 spiro atoms. The molecule has 0 aliphatic heterocycles. The first-order chi connectivity index (χ1) is 6.54. The maximum atomic E-state index is 11.0. The molecule has 0 aliphatic carbocycles. The first-order valence-corrected chi connectivity index (χ1v) is 4.85. The Morgan fingerprint density at radius 1 is 1.50 bits per heavy atom. The van der Waals surface area contributed by atoms with E-state index in [-0.39, 0.29) is 0 Å². The second kappa shape index (κ2) is 3.82. The summed E-state index contributed by atoms with van der Waals surface area (Å²) in [6.07, 6.45) is 0.747. The van der Waals surface area contributed by atoms with E-state index in [9.17, 15) is 4.79 Å². The van der Waals surface area contributed by atoms with Crippen LogP contribution in [-0.4, -0.2) is 15.6 Å². The first-order valence-electron chi connectivity index (χ1n) is 4.85. The number of imidazole rings is 1. The van der Waals surface area contributed by atoms with Gasteiger partial charge in [-0.25, -0.2) is 13.9 Å². The molecule has 0 saturated carbocycles. The third kappa shape index (κ3) is 1.41. The zero-order valence-electron chi connectivity index (χ0n) is 9.16. The second-order valence-corrected chi connectivity index (χ2v) is 3.30. The van der Waals surface area contributed by atoms with E-state index in [0.717, 1.165) is 24.5 Å². The van der Waals surface area contributed by atoms with E-state index in [1.54, 1.807) is 11.6 Å². The van der Waals surface area contributed by atoms with Gasteiger partial charge in [0.15, 0.2) is 5.69 Å². The van der Waals surface area contributed by atoms with Gasteiger partial charge in [-0.05, 0) is 6.92 Å². The summed E-state index contributed by atoms with van der Waals surface area (Å²) in [5.74, 6) is 0.140. The van der Waals surface area contributed by atoms with Gasteiger partial charge in [0.25, 0.3) is 11.5 Å². The Hall–Kier alpha value is -1.32. The highest BCUT2D eigenvalue weighted by Crippen LogP contribution is 2.10. The molecule has 0 amide bonds. The van der Waals surface area contributed by atoms with Crippen molar-refractivity contribution in [1.82, 2.24) is 4.57 Å². The lowest BCUT2D eigenvalue weighted by Gasteiger charge is -1.96. The SMILES string of the molecule is CCc1c(C(=O)O)[n+](C)c(C)n1CC. The fourth-order valence-electron chi connectivity index (χ4n) is 1.90. The molecule has 78 valence electrons. The van der Waals surface area contributed by atoms with Crippen molar-refractivity contribution in [3.8, 4) is 0 Å². The van der Waals surface area contributed by atoms with Crippen LogP contribution in [0.1, 0.15) is 35.9 Å². The number of nitrogens with zero attached hydrogens (tertiary/aromatic N) is 2. The first kappa shape index (κ1) is 10.8. The van der Waals surface area contributed by atoms with Crippen LogP contribution in [0.4, 0.5) is 0 Å². The number of carboxylic acid groups (broad SMARTS) is 1. The lowest BCUT2D eigenvalue weighted by atomic mass is 10.2. The van der Waals surface area contributed by atoms with Gasteiger partial charge in [-0.3, -0.25) is 0 Å². The van der Waals surface area contributed by atoms with E-state index in [4.69, 9.17) is 5.11 Å². The summed E-state index contributed by atoms with van der Waals surface area (Å²) in [6, 6.07) is 0. The van der Waals surface area contributed by atoms with Crippen LogP contribution in [0.2, 0.25) is 0 Å². The molecule has 0 unspecified atom stereocenters. The molecule has 0 fully saturated rings. The zero-order valence-corrected chi connectivity index (χ0v) is 9.16. The van der Waals surface area contributed by atoms with Crippen LogP contribution < -0.4 is 4.57 Å². The van der Waals surface area contributed by atoms with Gasteiger partial charge in [0.05, 0.1) is 13.6 Å². The van der Waals surface area contributed by atoms with Crippen molar-refractivity contribution < 1.29 is 14.5 Å². The third-order valence-electron chi connectivity index (χ3n) is 2.66. The van der Waals surface area contributed by atoms with E-state index in [0.29, 0.717) is 5.69 Å². The highest BCUT2D eigenvalue weighted by molar-refractivity contribution is 5.85. The maximum Gasteiger partial charge on any atom is 0.380 e. The van der Waals surface area contributed by atoms with Gasteiger partial charge in [0.2, 0.25) is 0 Å². The standard InChI is InChI=1S/C10H16N2O2/c1-5-8-9(10(13)14)11(4)7(3)12(8)6-2/h5-6H2,1-4H3/p+1. The summed E-state index contributed by atoms with van der Waals surface area (Å²) in [5, 5.41) is 9.08. The molecule has 1 N–H and O–H groups in total. The van der Waals surface area contributed by atoms with E-state index in [2.05, 4.69) is 0 Å². The number of rotatable bonds is 3. The van der Waals surface area contributed by atoms with Gasteiger partial charge in [-0.15, -0.1) is 0 Å². The molecule has 1 heterocycles. The fourth-order valence-corrected chi connectivity index (χ4v) is 1.90. The van der Waals surface area contributed by atoms with Gasteiger partial charge < -0.3 is 5.11 Å². The number of carboxylic acids is 1. The van der Waals surface area contributed by atoms with Gasteiger partial charge in [0.1, 0.15) is 0 Å². The Labute approximate surface area is 83.8 Å². The predicted octanol–water partition coefficient (Wildman–Crippen LogP) is 0.902. The van der Waals surface area contributed by atoms with E-state index in [1.165, 1.54) is 0 Å². The van der Waals surface area contributed by atoms with Gasteiger partial charge in [0, 0.05) is 13.3 Å². The summed E-state index contributed by atoms with van der Waals surface area (Å²) in [5.41, 5.74) is 1.31. The number of carbonyl (C=O) groups is 1. The van der Waals surface area contributed by atoms with Crippen molar-refractivity contribution in [3.05, 3.63) is 17.2 Å². The molecule has 4 heteroatoms. The number of aromatic nitrogens is 2. The Bertz CT molecular complexity index is 367. The normalized spacial score (nSPS) is 10.6. The Kier molecular flexibility index (Phi) is 2.93. The molecule has 0 bridgehead atoms. The lowest BCUT2D eigenvalue weighted by Crippen LogP contribution is -2.37. The van der Waals surface area contributed by atoms with E-state index in [1.807, 2.05) is 25.3 Å². The van der Waals surface area contributed by atoms with Crippen LogP contribution in [-0.2, 0) is 20.0 Å². The minimum Gasteiger partial charge on any atom is -0.475 e. The van der Waals surface area contributed by atoms with Crippen molar-refractivity contribution in [1.29, 1.82) is 0 Å². The summed E-state index contributed by atoms with van der Waals surface area (Å²) < 4.78 is 3.79. The fraction of sp³-hybridized carbons (Fsp3) is 0.600. The Balaban J connectivity index is 3.48. The van der Waals surface area contributed by atoms with Crippen molar-refractivity contribution in [2.45, 2.75) is 33.7 Å². The van der Waals surface area contributed by atoms with Crippen LogP contribution in [0.15, 0.2) is 0 Å². The molecule has 0 aromatic carbocycles. The largest absolute Gasteiger partial charge is 0.475 e. The van der Waals surface area contributed by atoms with Gasteiger partial charge in [-0.2, -0.15) is 0 Å². The van der Waals surface area contributed by atoms with Gasteiger partial charge in [-0.1, -0.05) is 6.92 Å². The molecular formula is C10H17N2O2+. The van der Waals surface area contributed by atoms with Crippen LogP contribution >= 0.6 is 0 Å². The van der Waals surface area contributed by atoms with Crippen molar-refractivity contribution in [3.63, 3.8) is 0 Å². The maximum absolute atomic E-state index is 11.0. The zero-order chi connectivity index (χ0) is 10.9. The minimum absolute atomic E-state index is 0.409. The predicted molar refractivity (Wildman–Crippen MR) is 52.4 cm³/mol. The Morgan fingerprint density at radius 2 is 2.07 bits per heavy atom. The van der Waals surface area contributed by atoms with Crippen LogP contribution in [0.25, 0.3) is 0 Å². The molecule has 1 rings (SSSR count). The quantitative estimate of drug-likeness (QED) is 0.732. The van der Waals surface area contributed by atoms with Crippen molar-refractivity contribution in [2.75, 3.05) is 0 Å². The molecular weight excluding hydrogens is 180 g/mol. The third-order valence-corrected chi connectivity index (χ3v) is 2.66. The molecule has 1 aromatic heterocycles. The summed E-state index contributed by atoms with van der Waals surface area (Å²) in [4.78, 5) is 11.0. The molecule has 1 aromatic rings. The van der Waals surface area contributed by atoms with E-state index >= 15 is 0 Å². The molecule has 0 aliphatic rings. The lowest BCUT2D eigenvalue weighted by molar-refractivity contribution is -0.679. The van der Waals surface area contributed by atoms with Crippen molar-refractivity contribution >= 4 is 5.97 Å². The van der Waals surface area contributed by atoms with Crippen LogP contribution in [0.5, 0.6) is 0 Å². The molecule has 14 heavy (non-hydrogen) atoms. The summed E-state index contributed by atoms with van der Waals surface area (Å²) in [7, 11) is 1.80. The van der Waals surface area contributed by atoms with Crippen LogP contribution in [0.3, 0.4) is 0 Å². The Morgan fingerprint density at radius 3 is 2.43 bits per heavy atom. The molecule has 0 atom stereocenters. The summed E-state index contributed by atoms with van der Waals surface area (Å²) in [6.45, 7) is 6.76. The van der Waals surface area contributed by atoms with Gasteiger partial charge >= 0.3 is 5.97 Å². The minimum atomic E-state index is -0.848. The van der Waals surface area contributed by atoms with Crippen LogP contribution in [0, 0.1) is 6.92 Å². The molecule has 0 saturated heterocycles. The number of aromatic carboxylic acids is 1. The monoisotopic (exact) mass is 197 g/mol. The average molecular weight is 197 g/mol. The second-order valence-electron chi connectivity index (χ2n) is 3.30. The van der Waals surface area contributed by atoms with Crippen molar-refractivity contribution in [2.24, 2.45) is 7.05 Å². The van der Waals surface area contributed by atoms with E-state index < -0.39 is 5.97 Å². The summed E-state index contributed by atoms with van der Waals surface area (Å²) >= 11 is 0. The number of hydrogen-bond acceptors (Lipinski definition) is 1. The highest BCUT2D eigenvalue weighted by atomic mass is 16.4. The highest BCUT2D eigenvalue weighted by Gasteiger charge is 2.28. The molecule has 0 radical (unpaired) electrons. The molecule has 4 nitrogen and oxygen atoms in total. The average Bonchev–Trinajstić information content (AvgIpc) is 2.39. The number of hydrogen-bond donors (Lipinski definition) is 1. The smallest absolute Gasteiger partial charge is 0.380 e. The topological polar surface area (TPSA) is 46.1 Å².